The molecule has 0 amide bonds. The summed E-state index contributed by atoms with van der Waals surface area (Å²) in [6.45, 7) is 6.47. The number of benzene rings is 6. The summed E-state index contributed by atoms with van der Waals surface area (Å²) in [6, 6.07) is 32.9. The molecule has 4 heteroatoms. The van der Waals surface area contributed by atoms with Crippen molar-refractivity contribution in [2.24, 2.45) is 0 Å². The number of nitrogens with zero attached hydrogens (tertiary/aromatic N) is 2. The first-order chi connectivity index (χ1) is 20.7. The van der Waals surface area contributed by atoms with Gasteiger partial charge >= 0.3 is 0 Å². The lowest BCUT2D eigenvalue weighted by atomic mass is 9.88. The molecule has 0 unspecified atom stereocenters. The number of hydrogen-bond acceptors (Lipinski definition) is 4. The average molecular weight is 551 g/mol. The van der Waals surface area contributed by atoms with E-state index in [1.54, 1.807) is 0 Å². The first-order valence-electron chi connectivity index (χ1n) is 15.1. The van der Waals surface area contributed by atoms with Gasteiger partial charge in [0.1, 0.15) is 11.2 Å². The van der Waals surface area contributed by atoms with Gasteiger partial charge in [-0.2, -0.15) is 0 Å². The van der Waals surface area contributed by atoms with Crippen molar-refractivity contribution < 1.29 is 4.42 Å². The largest absolute Gasteiger partial charge is 0.452 e. The molecule has 0 atom stereocenters. The van der Waals surface area contributed by atoms with E-state index >= 15 is 0 Å². The van der Waals surface area contributed by atoms with Crippen molar-refractivity contribution in [1.82, 2.24) is 4.98 Å². The molecule has 0 aromatic heterocycles. The van der Waals surface area contributed by atoms with Gasteiger partial charge in [-0.3, -0.25) is 4.79 Å². The first-order valence-corrected chi connectivity index (χ1v) is 15.1. The highest BCUT2D eigenvalue weighted by Gasteiger charge is 2.26. The van der Waals surface area contributed by atoms with Gasteiger partial charge in [0.15, 0.2) is 16.8 Å². The fraction of sp³-hybridized carbons (Fsp3) is 0.211. The lowest BCUT2D eigenvalue weighted by molar-refractivity contribution is 0.614. The van der Waals surface area contributed by atoms with Crippen LogP contribution >= 0.6 is 0 Å². The van der Waals surface area contributed by atoms with Gasteiger partial charge in [0.25, 0.3) is 0 Å². The van der Waals surface area contributed by atoms with Gasteiger partial charge in [-0.05, 0) is 52.6 Å². The predicted molar refractivity (Wildman–Crippen MR) is 177 cm³/mol. The molecule has 1 aliphatic heterocycles. The molecule has 5 aromatic rings. The standard InChI is InChI=1S/C38H34N2O2/c1-3-5-21-40(22-6-4-2)27-19-20-32-33(24-27)42-38-35(37(41)31-18-12-11-17-30(31)36(38)39-32)34-28-15-9-7-13-25(28)23-26-14-8-10-16-29(26)34/h7-20,23-24H,3-6,21-22H2,1-2H3. The molecule has 4 nitrogen and oxygen atoms in total. The Morgan fingerprint density at radius 1 is 0.667 bits per heavy atom. The second kappa shape index (κ2) is 10.9. The maximum atomic E-state index is 14.5. The van der Waals surface area contributed by atoms with Gasteiger partial charge in [0.2, 0.25) is 0 Å². The minimum absolute atomic E-state index is 0.0341. The van der Waals surface area contributed by atoms with Crippen LogP contribution in [0.25, 0.3) is 66.0 Å². The Kier molecular flexibility index (Phi) is 6.83. The van der Waals surface area contributed by atoms with Crippen LogP contribution in [0.2, 0.25) is 0 Å². The van der Waals surface area contributed by atoms with E-state index in [0.29, 0.717) is 28.0 Å². The molecular formula is C38H34N2O2. The molecule has 1 heterocycles. The van der Waals surface area contributed by atoms with Crippen LogP contribution in [0.4, 0.5) is 5.69 Å². The van der Waals surface area contributed by atoms with Gasteiger partial charge in [-0.1, -0.05) is 99.5 Å². The fourth-order valence-corrected chi connectivity index (χ4v) is 6.26. The SMILES string of the molecule is CCCCN(CCCC)c1ccc2nc3c4ccccc4c(=O)c(-c4c5ccccc5cc5ccccc45)c-3oc2c1. The van der Waals surface area contributed by atoms with Crippen molar-refractivity contribution >= 4 is 49.1 Å². The van der Waals surface area contributed by atoms with Gasteiger partial charge in [-0.15, -0.1) is 0 Å². The third kappa shape index (κ3) is 4.39. The summed E-state index contributed by atoms with van der Waals surface area (Å²) in [5, 5.41) is 5.70. The zero-order valence-corrected chi connectivity index (χ0v) is 24.2. The second-order valence-electron chi connectivity index (χ2n) is 11.2. The molecule has 2 aliphatic rings. The van der Waals surface area contributed by atoms with Crippen molar-refractivity contribution in [3.63, 3.8) is 0 Å². The Morgan fingerprint density at radius 3 is 1.90 bits per heavy atom. The summed E-state index contributed by atoms with van der Waals surface area (Å²) < 4.78 is 6.83. The minimum atomic E-state index is -0.0341. The highest BCUT2D eigenvalue weighted by Crippen LogP contribution is 2.43. The summed E-state index contributed by atoms with van der Waals surface area (Å²) in [4.78, 5) is 22.1. The maximum absolute atomic E-state index is 14.5. The number of fused-ring (bicyclic) bond motifs is 6. The van der Waals surface area contributed by atoms with Crippen LogP contribution in [0.3, 0.4) is 0 Å². The van der Waals surface area contributed by atoms with Gasteiger partial charge < -0.3 is 9.32 Å². The van der Waals surface area contributed by atoms with Crippen molar-refractivity contribution in [1.29, 1.82) is 0 Å². The second-order valence-corrected chi connectivity index (χ2v) is 11.2. The van der Waals surface area contributed by atoms with E-state index in [-0.39, 0.29) is 5.43 Å². The zero-order chi connectivity index (χ0) is 28.6. The average Bonchev–Trinajstić information content (AvgIpc) is 3.03. The lowest BCUT2D eigenvalue weighted by Crippen LogP contribution is -2.25. The molecule has 5 aromatic carbocycles. The van der Waals surface area contributed by atoms with E-state index in [9.17, 15) is 4.79 Å². The molecule has 42 heavy (non-hydrogen) atoms. The Bertz CT molecular complexity index is 2050. The number of anilines is 1. The van der Waals surface area contributed by atoms with Crippen LogP contribution in [-0.4, -0.2) is 18.1 Å². The van der Waals surface area contributed by atoms with Crippen LogP contribution in [-0.2, 0) is 0 Å². The quantitative estimate of drug-likeness (QED) is 0.140. The minimum Gasteiger partial charge on any atom is -0.452 e. The topological polar surface area (TPSA) is 46.3 Å². The van der Waals surface area contributed by atoms with Crippen LogP contribution in [0.15, 0.2) is 106 Å². The molecule has 0 bridgehead atoms. The summed E-state index contributed by atoms with van der Waals surface area (Å²) in [6.07, 6.45) is 4.57. The van der Waals surface area contributed by atoms with Crippen molar-refractivity contribution in [3.8, 4) is 22.6 Å². The number of hydrogen-bond donors (Lipinski definition) is 0. The molecule has 0 radical (unpaired) electrons. The third-order valence-corrected chi connectivity index (χ3v) is 8.43. The number of aromatic nitrogens is 1. The Morgan fingerprint density at radius 2 is 1.26 bits per heavy atom. The molecule has 208 valence electrons. The maximum Gasteiger partial charge on any atom is 0.198 e. The molecule has 7 rings (SSSR count). The third-order valence-electron chi connectivity index (χ3n) is 8.43. The highest BCUT2D eigenvalue weighted by atomic mass is 16.3. The van der Waals surface area contributed by atoms with E-state index < -0.39 is 0 Å². The summed E-state index contributed by atoms with van der Waals surface area (Å²) in [5.74, 6) is 0.540. The van der Waals surface area contributed by atoms with Crippen molar-refractivity contribution in [2.75, 3.05) is 18.0 Å². The zero-order valence-electron chi connectivity index (χ0n) is 24.2. The van der Waals surface area contributed by atoms with Crippen LogP contribution in [0, 0.1) is 0 Å². The smallest absolute Gasteiger partial charge is 0.198 e. The molecule has 1 aliphatic carbocycles. The van der Waals surface area contributed by atoms with Gasteiger partial charge in [0.05, 0.1) is 5.56 Å². The molecule has 0 spiro atoms. The molecular weight excluding hydrogens is 516 g/mol. The van der Waals surface area contributed by atoms with Gasteiger partial charge in [-0.25, -0.2) is 4.98 Å². The number of unbranched alkanes of at least 4 members (excludes halogenated alkanes) is 2. The highest BCUT2D eigenvalue weighted by molar-refractivity contribution is 6.16. The number of rotatable bonds is 8. The van der Waals surface area contributed by atoms with Gasteiger partial charge in [0, 0.05) is 41.2 Å². The fourth-order valence-electron chi connectivity index (χ4n) is 6.26. The lowest BCUT2D eigenvalue weighted by Gasteiger charge is -2.25. The van der Waals surface area contributed by atoms with Crippen LogP contribution in [0.1, 0.15) is 39.5 Å². The Labute approximate surface area is 245 Å². The monoisotopic (exact) mass is 550 g/mol. The van der Waals surface area contributed by atoms with Crippen LogP contribution < -0.4 is 10.3 Å². The molecule has 0 fully saturated rings. The Hall–Kier alpha value is -4.70. The molecule has 0 saturated heterocycles. The normalized spacial score (nSPS) is 11.8. The summed E-state index contributed by atoms with van der Waals surface area (Å²) >= 11 is 0. The van der Waals surface area contributed by atoms with E-state index in [2.05, 4.69) is 67.3 Å². The molecule has 0 saturated carbocycles. The Balaban J connectivity index is 1.58. The van der Waals surface area contributed by atoms with Crippen molar-refractivity contribution in [2.45, 2.75) is 39.5 Å². The summed E-state index contributed by atoms with van der Waals surface area (Å²) in [5.41, 5.74) is 4.77. The van der Waals surface area contributed by atoms with Crippen LogP contribution in [0.5, 0.6) is 0 Å². The van der Waals surface area contributed by atoms with E-state index in [1.807, 2.05) is 48.5 Å². The first kappa shape index (κ1) is 26.2. The van der Waals surface area contributed by atoms with E-state index in [0.717, 1.165) is 82.5 Å². The predicted octanol–water partition coefficient (Wildman–Crippen LogP) is 9.83. The van der Waals surface area contributed by atoms with E-state index in [1.165, 1.54) is 0 Å². The summed E-state index contributed by atoms with van der Waals surface area (Å²) in [7, 11) is 0. The van der Waals surface area contributed by atoms with Crippen molar-refractivity contribution in [3.05, 3.63) is 107 Å². The van der Waals surface area contributed by atoms with E-state index in [4.69, 9.17) is 9.40 Å². The molecule has 0 N–H and O–H groups in total.